The zero-order chi connectivity index (χ0) is 14.3. The van der Waals surface area contributed by atoms with Gasteiger partial charge >= 0.3 is 0 Å². The summed E-state index contributed by atoms with van der Waals surface area (Å²) in [6, 6.07) is 1.34. The summed E-state index contributed by atoms with van der Waals surface area (Å²) >= 11 is 7.44. The molecular formula is C13H13ClN4OS. The monoisotopic (exact) mass is 308 g/mol. The quantitative estimate of drug-likeness (QED) is 0.699. The van der Waals surface area contributed by atoms with Gasteiger partial charge in [-0.3, -0.25) is 13.8 Å². The lowest BCUT2D eigenvalue weighted by atomic mass is 10.2. The van der Waals surface area contributed by atoms with Crippen molar-refractivity contribution < 1.29 is 0 Å². The van der Waals surface area contributed by atoms with Crippen molar-refractivity contribution in [2.45, 2.75) is 26.3 Å². The molecule has 0 aliphatic rings. The van der Waals surface area contributed by atoms with E-state index < -0.39 is 0 Å². The van der Waals surface area contributed by atoms with Gasteiger partial charge in [0.15, 0.2) is 4.96 Å². The van der Waals surface area contributed by atoms with Crippen molar-refractivity contribution in [3.8, 4) is 0 Å². The summed E-state index contributed by atoms with van der Waals surface area (Å²) in [5.74, 6) is 0.795. The second kappa shape index (κ2) is 5.03. The second-order valence-corrected chi connectivity index (χ2v) is 6.10. The third kappa shape index (κ3) is 2.36. The van der Waals surface area contributed by atoms with Gasteiger partial charge in [-0.2, -0.15) is 0 Å². The van der Waals surface area contributed by atoms with Gasteiger partial charge in [0, 0.05) is 29.8 Å². The molecule has 20 heavy (non-hydrogen) atoms. The molecule has 0 fully saturated rings. The maximum absolute atomic E-state index is 12.1. The molecule has 7 heteroatoms. The molecule has 0 atom stereocenters. The highest BCUT2D eigenvalue weighted by Crippen LogP contribution is 2.16. The summed E-state index contributed by atoms with van der Waals surface area (Å²) in [4.78, 5) is 21.8. The van der Waals surface area contributed by atoms with E-state index in [-0.39, 0.29) is 16.6 Å². The Labute approximate surface area is 124 Å². The first-order valence-electron chi connectivity index (χ1n) is 6.23. The number of fused-ring (bicyclic) bond motifs is 1. The molecule has 0 N–H and O–H groups in total. The predicted molar refractivity (Wildman–Crippen MR) is 79.8 cm³/mol. The van der Waals surface area contributed by atoms with Crippen LogP contribution in [0.2, 0.25) is 5.15 Å². The van der Waals surface area contributed by atoms with Gasteiger partial charge in [0.05, 0.1) is 12.2 Å². The summed E-state index contributed by atoms with van der Waals surface area (Å²) in [7, 11) is 0. The zero-order valence-corrected chi connectivity index (χ0v) is 12.6. The minimum atomic E-state index is -0.148. The Morgan fingerprint density at radius 2 is 2.20 bits per heavy atom. The van der Waals surface area contributed by atoms with Crippen molar-refractivity contribution in [3.05, 3.63) is 50.9 Å². The van der Waals surface area contributed by atoms with Gasteiger partial charge in [-0.05, 0) is 0 Å². The zero-order valence-electron chi connectivity index (χ0n) is 11.1. The minimum Gasteiger partial charge on any atom is -0.297 e. The molecular weight excluding hydrogens is 296 g/mol. The van der Waals surface area contributed by atoms with Crippen LogP contribution in [0.3, 0.4) is 0 Å². The van der Waals surface area contributed by atoms with Gasteiger partial charge in [0.1, 0.15) is 11.0 Å². The van der Waals surface area contributed by atoms with Crippen molar-refractivity contribution in [2.75, 3.05) is 0 Å². The van der Waals surface area contributed by atoms with E-state index in [0.29, 0.717) is 12.4 Å². The molecule has 0 amide bonds. The van der Waals surface area contributed by atoms with Gasteiger partial charge in [0.25, 0.3) is 5.56 Å². The van der Waals surface area contributed by atoms with Crippen LogP contribution in [-0.4, -0.2) is 18.9 Å². The van der Waals surface area contributed by atoms with Crippen LogP contribution >= 0.6 is 22.9 Å². The fourth-order valence-corrected chi connectivity index (χ4v) is 3.01. The Kier molecular flexibility index (Phi) is 3.35. The van der Waals surface area contributed by atoms with Gasteiger partial charge in [-0.1, -0.05) is 25.4 Å². The average Bonchev–Trinajstić information content (AvgIpc) is 2.92. The van der Waals surface area contributed by atoms with E-state index in [9.17, 15) is 4.79 Å². The molecule has 0 unspecified atom stereocenters. The number of thiazole rings is 1. The number of hydrogen-bond donors (Lipinski definition) is 0. The van der Waals surface area contributed by atoms with E-state index in [0.717, 1.165) is 10.7 Å². The van der Waals surface area contributed by atoms with Crippen molar-refractivity contribution in [1.82, 2.24) is 18.9 Å². The summed E-state index contributed by atoms with van der Waals surface area (Å²) in [6.45, 7) is 4.38. The first-order valence-corrected chi connectivity index (χ1v) is 7.48. The van der Waals surface area contributed by atoms with Crippen LogP contribution in [0, 0.1) is 0 Å². The highest BCUT2D eigenvalue weighted by Gasteiger charge is 2.13. The summed E-state index contributed by atoms with van der Waals surface area (Å²) in [5.41, 5.74) is 0.690. The average molecular weight is 309 g/mol. The van der Waals surface area contributed by atoms with Gasteiger partial charge in [-0.15, -0.1) is 11.3 Å². The SMILES string of the molecule is CC(C)c1nc(Cl)cc(=O)n1Cc1cn2ccsc2n1. The normalized spacial score (nSPS) is 11.6. The van der Waals surface area contributed by atoms with E-state index in [2.05, 4.69) is 9.97 Å². The number of aromatic nitrogens is 4. The molecule has 3 aromatic rings. The molecule has 0 aliphatic heterocycles. The molecule has 0 bridgehead atoms. The Bertz CT molecular complexity index is 789. The molecule has 0 saturated carbocycles. The van der Waals surface area contributed by atoms with Crippen LogP contribution in [0.4, 0.5) is 0 Å². The maximum Gasteiger partial charge on any atom is 0.255 e. The Morgan fingerprint density at radius 1 is 1.40 bits per heavy atom. The molecule has 0 radical (unpaired) electrons. The largest absolute Gasteiger partial charge is 0.297 e. The highest BCUT2D eigenvalue weighted by atomic mass is 35.5. The Hall–Kier alpha value is -1.66. The van der Waals surface area contributed by atoms with Gasteiger partial charge in [-0.25, -0.2) is 9.97 Å². The minimum absolute atomic E-state index is 0.116. The third-order valence-corrected chi connectivity index (χ3v) is 3.95. The Morgan fingerprint density at radius 3 is 2.90 bits per heavy atom. The number of hydrogen-bond acceptors (Lipinski definition) is 4. The molecule has 3 aromatic heterocycles. The van der Waals surface area contributed by atoms with E-state index >= 15 is 0 Å². The predicted octanol–water partition coefficient (Wildman–Crippen LogP) is 2.78. The van der Waals surface area contributed by atoms with Crippen molar-refractivity contribution in [2.24, 2.45) is 0 Å². The van der Waals surface area contributed by atoms with E-state index in [1.165, 1.54) is 6.07 Å². The second-order valence-electron chi connectivity index (χ2n) is 4.84. The lowest BCUT2D eigenvalue weighted by Gasteiger charge is -2.13. The molecule has 0 spiro atoms. The van der Waals surface area contributed by atoms with E-state index in [4.69, 9.17) is 11.6 Å². The van der Waals surface area contributed by atoms with Crippen molar-refractivity contribution in [1.29, 1.82) is 0 Å². The molecule has 104 valence electrons. The van der Waals surface area contributed by atoms with Gasteiger partial charge in [0.2, 0.25) is 0 Å². The van der Waals surface area contributed by atoms with Crippen LogP contribution in [-0.2, 0) is 6.54 Å². The first-order chi connectivity index (χ1) is 9.54. The Balaban J connectivity index is 2.05. The molecule has 0 saturated heterocycles. The lowest BCUT2D eigenvalue weighted by molar-refractivity contribution is 0.619. The highest BCUT2D eigenvalue weighted by molar-refractivity contribution is 7.15. The lowest BCUT2D eigenvalue weighted by Crippen LogP contribution is -2.25. The molecule has 5 nitrogen and oxygen atoms in total. The first kappa shape index (κ1) is 13.3. The number of halogens is 1. The molecule has 0 aromatic carbocycles. The topological polar surface area (TPSA) is 52.2 Å². The smallest absolute Gasteiger partial charge is 0.255 e. The van der Waals surface area contributed by atoms with E-state index in [1.54, 1.807) is 15.9 Å². The standard InChI is InChI=1S/C13H13ClN4OS/c1-8(2)12-16-10(14)5-11(19)18(12)7-9-6-17-3-4-20-13(17)15-9/h3-6,8H,7H2,1-2H3. The van der Waals surface area contributed by atoms with Crippen molar-refractivity contribution >= 4 is 27.9 Å². The summed E-state index contributed by atoms with van der Waals surface area (Å²) in [6.07, 6.45) is 3.87. The van der Waals surface area contributed by atoms with Crippen molar-refractivity contribution in [3.63, 3.8) is 0 Å². The summed E-state index contributed by atoms with van der Waals surface area (Å²) < 4.78 is 3.58. The van der Waals surface area contributed by atoms with Crippen LogP contribution in [0.25, 0.3) is 4.96 Å². The van der Waals surface area contributed by atoms with Crippen LogP contribution < -0.4 is 5.56 Å². The number of nitrogens with zero attached hydrogens (tertiary/aromatic N) is 4. The fourth-order valence-electron chi connectivity index (χ4n) is 2.11. The number of imidazole rings is 1. The molecule has 0 aliphatic carbocycles. The van der Waals surface area contributed by atoms with E-state index in [1.807, 2.05) is 36.0 Å². The fraction of sp³-hybridized carbons (Fsp3) is 0.308. The maximum atomic E-state index is 12.1. The van der Waals surface area contributed by atoms with Crippen LogP contribution in [0.15, 0.2) is 28.6 Å². The van der Waals surface area contributed by atoms with Crippen LogP contribution in [0.1, 0.15) is 31.3 Å². The van der Waals surface area contributed by atoms with Crippen LogP contribution in [0.5, 0.6) is 0 Å². The van der Waals surface area contributed by atoms with Gasteiger partial charge < -0.3 is 0 Å². The molecule has 3 heterocycles. The number of rotatable bonds is 3. The summed E-state index contributed by atoms with van der Waals surface area (Å²) in [5, 5.41) is 2.21. The third-order valence-electron chi connectivity index (χ3n) is 2.99. The molecule has 3 rings (SSSR count).